The number of thiol groups is 1. The van der Waals surface area contributed by atoms with E-state index < -0.39 is 35.7 Å². The van der Waals surface area contributed by atoms with Gasteiger partial charge in [-0.1, -0.05) is 13.8 Å². The zero-order valence-electron chi connectivity index (χ0n) is 13.9. The van der Waals surface area contributed by atoms with E-state index in [0.717, 1.165) is 0 Å². The summed E-state index contributed by atoms with van der Waals surface area (Å²) in [4.78, 5) is 36.6. The van der Waals surface area contributed by atoms with Crippen molar-refractivity contribution in [1.82, 2.24) is 10.2 Å². The molecule has 0 aliphatic carbocycles. The van der Waals surface area contributed by atoms with Crippen molar-refractivity contribution in [2.24, 2.45) is 5.92 Å². The van der Waals surface area contributed by atoms with E-state index in [2.05, 4.69) is 17.9 Å². The van der Waals surface area contributed by atoms with Gasteiger partial charge in [0, 0.05) is 12.8 Å². The lowest BCUT2D eigenvalue weighted by Crippen LogP contribution is -2.55. The van der Waals surface area contributed by atoms with Crippen LogP contribution in [0.5, 0.6) is 0 Å². The third-order valence-corrected chi connectivity index (χ3v) is 3.16. The second-order valence-electron chi connectivity index (χ2n) is 6.36. The predicted octanol–water partition coefficient (Wildman–Crippen LogP) is 1.38. The lowest BCUT2D eigenvalue weighted by Gasteiger charge is -2.32. The highest BCUT2D eigenvalue weighted by atomic mass is 32.1. The number of ether oxygens (including phenoxy) is 1. The van der Waals surface area contributed by atoms with Crippen LogP contribution in [0, 0.1) is 5.92 Å². The first-order chi connectivity index (χ1) is 9.90. The summed E-state index contributed by atoms with van der Waals surface area (Å²) in [6, 6.07) is -1.94. The molecule has 2 N–H and O–H groups in total. The molecule has 2 atom stereocenters. The number of carbonyl (C=O) groups excluding carboxylic acids is 2. The summed E-state index contributed by atoms with van der Waals surface area (Å²) >= 11 is 3.90. The van der Waals surface area contributed by atoms with Crippen molar-refractivity contribution in [3.05, 3.63) is 0 Å². The van der Waals surface area contributed by atoms with Crippen LogP contribution in [0.15, 0.2) is 0 Å². The number of carboxylic acids is 1. The van der Waals surface area contributed by atoms with Gasteiger partial charge < -0.3 is 15.2 Å². The Hall–Kier alpha value is -1.44. The van der Waals surface area contributed by atoms with Crippen LogP contribution in [0.4, 0.5) is 4.79 Å². The van der Waals surface area contributed by atoms with Gasteiger partial charge in [0.2, 0.25) is 5.91 Å². The normalized spacial score (nSPS) is 14.2. The van der Waals surface area contributed by atoms with E-state index in [9.17, 15) is 14.4 Å². The van der Waals surface area contributed by atoms with Crippen LogP contribution in [-0.2, 0) is 14.3 Å². The van der Waals surface area contributed by atoms with E-state index in [1.165, 1.54) is 11.9 Å². The van der Waals surface area contributed by atoms with E-state index in [0.29, 0.717) is 0 Å². The number of nitrogens with zero attached hydrogens (tertiary/aromatic N) is 1. The summed E-state index contributed by atoms with van der Waals surface area (Å²) in [6.45, 7) is 8.71. The fourth-order valence-corrected chi connectivity index (χ4v) is 2.06. The molecule has 128 valence electrons. The van der Waals surface area contributed by atoms with Gasteiger partial charge in [-0.15, -0.1) is 0 Å². The van der Waals surface area contributed by atoms with Crippen LogP contribution in [0.1, 0.15) is 34.6 Å². The number of carboxylic acid groups (broad SMARTS) is 1. The van der Waals surface area contributed by atoms with E-state index in [4.69, 9.17) is 9.84 Å². The van der Waals surface area contributed by atoms with E-state index in [-0.39, 0.29) is 11.7 Å². The first kappa shape index (κ1) is 20.6. The summed E-state index contributed by atoms with van der Waals surface area (Å²) in [7, 11) is 1.45. The average molecular weight is 334 g/mol. The fraction of sp³-hybridized carbons (Fsp3) is 0.786. The maximum absolute atomic E-state index is 12.3. The predicted molar refractivity (Wildman–Crippen MR) is 86.0 cm³/mol. The Morgan fingerprint density at radius 2 is 1.77 bits per heavy atom. The lowest BCUT2D eigenvalue weighted by molar-refractivity contribution is -0.142. The molecule has 0 fully saturated rings. The molecule has 8 heteroatoms. The molecule has 2 amide bonds. The smallest absolute Gasteiger partial charge is 0.410 e. The second-order valence-corrected chi connectivity index (χ2v) is 6.73. The largest absolute Gasteiger partial charge is 0.480 e. The number of likely N-dealkylation sites (N-methyl/N-ethyl adjacent to an activating group) is 1. The van der Waals surface area contributed by atoms with Crippen LogP contribution >= 0.6 is 12.6 Å². The van der Waals surface area contributed by atoms with Crippen LogP contribution in [-0.4, -0.2) is 58.5 Å². The number of carbonyl (C=O) groups is 3. The number of aliphatic carboxylic acids is 1. The highest BCUT2D eigenvalue weighted by molar-refractivity contribution is 7.80. The van der Waals surface area contributed by atoms with Crippen LogP contribution in [0.3, 0.4) is 0 Å². The number of hydrogen-bond acceptors (Lipinski definition) is 5. The molecule has 0 aromatic carbocycles. The highest BCUT2D eigenvalue weighted by Crippen LogP contribution is 2.15. The van der Waals surface area contributed by atoms with Gasteiger partial charge in [0.05, 0.1) is 0 Å². The van der Waals surface area contributed by atoms with E-state index in [1.54, 1.807) is 34.6 Å². The standard InChI is InChI=1S/C14H26N2O5S/c1-8(2)10(11(17)15-9(7-22)12(18)19)16(6)13(20)21-14(3,4)5/h8-10,22H,7H2,1-6H3,(H,15,17)(H,18,19)/t9-,10-/m0/s1. The number of rotatable bonds is 6. The van der Waals surface area contributed by atoms with Crippen molar-refractivity contribution in [3.63, 3.8) is 0 Å². The van der Waals surface area contributed by atoms with E-state index >= 15 is 0 Å². The Morgan fingerprint density at radius 1 is 1.27 bits per heavy atom. The summed E-state index contributed by atoms with van der Waals surface area (Å²) in [6.07, 6.45) is -0.640. The minimum absolute atomic E-state index is 0.0396. The molecule has 0 aliphatic heterocycles. The first-order valence-corrected chi connectivity index (χ1v) is 7.63. The minimum Gasteiger partial charge on any atom is -0.480 e. The molecular weight excluding hydrogens is 308 g/mol. The van der Waals surface area contributed by atoms with Crippen molar-refractivity contribution >= 4 is 30.6 Å². The maximum Gasteiger partial charge on any atom is 0.410 e. The van der Waals surface area contributed by atoms with Crippen molar-refractivity contribution in [1.29, 1.82) is 0 Å². The Bertz CT molecular complexity index is 420. The minimum atomic E-state index is -1.18. The Balaban J connectivity index is 5.09. The zero-order chi connectivity index (χ0) is 17.7. The molecule has 7 nitrogen and oxygen atoms in total. The molecule has 0 aliphatic rings. The monoisotopic (exact) mass is 334 g/mol. The molecule has 22 heavy (non-hydrogen) atoms. The first-order valence-electron chi connectivity index (χ1n) is 7.00. The van der Waals surface area contributed by atoms with Gasteiger partial charge in [-0.2, -0.15) is 12.6 Å². The molecule has 0 bridgehead atoms. The van der Waals surface area contributed by atoms with Gasteiger partial charge in [0.1, 0.15) is 17.7 Å². The topological polar surface area (TPSA) is 95.9 Å². The molecule has 0 spiro atoms. The Labute approximate surface area is 136 Å². The lowest BCUT2D eigenvalue weighted by atomic mass is 10.0. The molecule has 0 aromatic rings. The van der Waals surface area contributed by atoms with Crippen molar-refractivity contribution in [2.75, 3.05) is 12.8 Å². The molecule has 0 saturated heterocycles. The molecule has 0 heterocycles. The van der Waals surface area contributed by atoms with Gasteiger partial charge in [0.15, 0.2) is 0 Å². The highest BCUT2D eigenvalue weighted by Gasteiger charge is 2.34. The third-order valence-electron chi connectivity index (χ3n) is 2.80. The van der Waals surface area contributed by atoms with Crippen LogP contribution in [0.25, 0.3) is 0 Å². The summed E-state index contributed by atoms with van der Waals surface area (Å²) in [5.74, 6) is -1.98. The summed E-state index contributed by atoms with van der Waals surface area (Å²) < 4.78 is 5.24. The van der Waals surface area contributed by atoms with Gasteiger partial charge in [-0.25, -0.2) is 9.59 Å². The average Bonchev–Trinajstić information content (AvgIpc) is 2.32. The molecule has 0 radical (unpaired) electrons. The third kappa shape index (κ3) is 6.55. The molecule has 0 unspecified atom stereocenters. The van der Waals surface area contributed by atoms with E-state index in [1.807, 2.05) is 0 Å². The van der Waals surface area contributed by atoms with Crippen molar-refractivity contribution < 1.29 is 24.2 Å². The molecule has 0 saturated carbocycles. The quantitative estimate of drug-likeness (QED) is 0.638. The Kier molecular flexibility index (Phi) is 7.72. The summed E-state index contributed by atoms with van der Waals surface area (Å²) in [5, 5.41) is 11.4. The summed E-state index contributed by atoms with van der Waals surface area (Å²) in [5.41, 5.74) is -0.682. The number of amides is 2. The van der Waals surface area contributed by atoms with Gasteiger partial charge in [-0.3, -0.25) is 9.69 Å². The van der Waals surface area contributed by atoms with Gasteiger partial charge in [-0.05, 0) is 26.7 Å². The molecule has 0 rings (SSSR count). The number of hydrogen-bond donors (Lipinski definition) is 3. The van der Waals surface area contributed by atoms with Crippen molar-refractivity contribution in [3.8, 4) is 0 Å². The van der Waals surface area contributed by atoms with Crippen molar-refractivity contribution in [2.45, 2.75) is 52.3 Å². The maximum atomic E-state index is 12.3. The van der Waals surface area contributed by atoms with Gasteiger partial charge in [0.25, 0.3) is 0 Å². The van der Waals surface area contributed by atoms with Crippen LogP contribution in [0.2, 0.25) is 0 Å². The zero-order valence-corrected chi connectivity index (χ0v) is 14.8. The Morgan fingerprint density at radius 3 is 2.09 bits per heavy atom. The van der Waals surface area contributed by atoms with Gasteiger partial charge >= 0.3 is 12.1 Å². The number of nitrogens with one attached hydrogen (secondary N) is 1. The SMILES string of the molecule is CC(C)[C@@H](C(=O)N[C@@H](CS)C(=O)O)N(C)C(=O)OC(C)(C)C. The van der Waals surface area contributed by atoms with Crippen LogP contribution < -0.4 is 5.32 Å². The molecule has 0 aromatic heterocycles. The fourth-order valence-electron chi connectivity index (χ4n) is 1.82. The second kappa shape index (κ2) is 8.26. The molecular formula is C14H26N2O5S.